The Morgan fingerprint density at radius 1 is 1.28 bits per heavy atom. The molecule has 0 N–H and O–H groups in total. The van der Waals surface area contributed by atoms with Crippen molar-refractivity contribution in [3.63, 3.8) is 0 Å². The van der Waals surface area contributed by atoms with Crippen molar-refractivity contribution in [2.75, 3.05) is 18.0 Å². The first kappa shape index (κ1) is 15.6. The van der Waals surface area contributed by atoms with Crippen LogP contribution in [0.2, 0.25) is 0 Å². The molecular formula is C19H20N6. The quantitative estimate of drug-likeness (QED) is 0.737. The third kappa shape index (κ3) is 3.05. The highest BCUT2D eigenvalue weighted by Crippen LogP contribution is 2.26. The van der Waals surface area contributed by atoms with Crippen LogP contribution < -0.4 is 4.90 Å². The van der Waals surface area contributed by atoms with Crippen LogP contribution in [0.5, 0.6) is 0 Å². The predicted octanol–water partition coefficient (Wildman–Crippen LogP) is 2.76. The van der Waals surface area contributed by atoms with Crippen molar-refractivity contribution in [3.8, 4) is 6.07 Å². The summed E-state index contributed by atoms with van der Waals surface area (Å²) in [5, 5.41) is 13.6. The summed E-state index contributed by atoms with van der Waals surface area (Å²) in [7, 11) is 0. The Kier molecular flexibility index (Phi) is 4.06. The summed E-state index contributed by atoms with van der Waals surface area (Å²) in [6, 6.07) is 8.39. The lowest BCUT2D eigenvalue weighted by Crippen LogP contribution is -2.35. The third-order valence-electron chi connectivity index (χ3n) is 4.89. The molecule has 0 bridgehead atoms. The van der Waals surface area contributed by atoms with E-state index in [0.29, 0.717) is 17.1 Å². The standard InChI is InChI=1S/C19H20N6/c1-14-9-18(25-19(23-14)17(11-20)13-22-25)24-7-4-15(5-8-24)10-16-3-2-6-21-12-16/h2-3,6,9,12-13,15H,4-5,7-8,10H2,1H3. The Labute approximate surface area is 146 Å². The van der Waals surface area contributed by atoms with E-state index in [9.17, 15) is 5.26 Å². The van der Waals surface area contributed by atoms with Gasteiger partial charge in [0.05, 0.1) is 6.20 Å². The number of aromatic nitrogens is 4. The first-order valence-corrected chi connectivity index (χ1v) is 8.64. The monoisotopic (exact) mass is 332 g/mol. The van der Waals surface area contributed by atoms with E-state index in [0.717, 1.165) is 43.9 Å². The second-order valence-electron chi connectivity index (χ2n) is 6.66. The molecule has 1 aliphatic rings. The molecule has 1 fully saturated rings. The second kappa shape index (κ2) is 6.52. The van der Waals surface area contributed by atoms with Gasteiger partial charge in [-0.3, -0.25) is 4.98 Å². The van der Waals surface area contributed by atoms with Gasteiger partial charge in [-0.1, -0.05) is 6.07 Å². The molecule has 126 valence electrons. The molecule has 4 rings (SSSR count). The van der Waals surface area contributed by atoms with Gasteiger partial charge in [0.15, 0.2) is 5.65 Å². The Hall–Kier alpha value is -2.94. The van der Waals surface area contributed by atoms with Crippen LogP contribution in [0, 0.1) is 24.2 Å². The molecule has 0 radical (unpaired) electrons. The number of rotatable bonds is 3. The predicted molar refractivity (Wildman–Crippen MR) is 95.3 cm³/mol. The summed E-state index contributed by atoms with van der Waals surface area (Å²) in [6.07, 6.45) is 8.76. The smallest absolute Gasteiger partial charge is 0.175 e. The number of piperidine rings is 1. The minimum atomic E-state index is 0.524. The molecule has 0 amide bonds. The first-order chi connectivity index (χ1) is 12.2. The lowest BCUT2D eigenvalue weighted by molar-refractivity contribution is 0.400. The first-order valence-electron chi connectivity index (χ1n) is 8.64. The molecule has 4 heterocycles. The van der Waals surface area contributed by atoms with Gasteiger partial charge in [0.25, 0.3) is 0 Å². The highest BCUT2D eigenvalue weighted by molar-refractivity contribution is 5.59. The minimum Gasteiger partial charge on any atom is -0.356 e. The number of fused-ring (bicyclic) bond motifs is 1. The Morgan fingerprint density at radius 3 is 2.84 bits per heavy atom. The molecule has 0 unspecified atom stereocenters. The average Bonchev–Trinajstić information content (AvgIpc) is 3.05. The number of pyridine rings is 1. The lowest BCUT2D eigenvalue weighted by Gasteiger charge is -2.33. The molecule has 1 aliphatic heterocycles. The van der Waals surface area contributed by atoms with Crippen molar-refractivity contribution >= 4 is 11.5 Å². The third-order valence-corrected chi connectivity index (χ3v) is 4.89. The van der Waals surface area contributed by atoms with Gasteiger partial charge in [0.1, 0.15) is 17.5 Å². The van der Waals surface area contributed by atoms with Gasteiger partial charge >= 0.3 is 0 Å². The molecule has 1 saturated heterocycles. The Bertz CT molecular complexity index is 916. The maximum atomic E-state index is 9.23. The van der Waals surface area contributed by atoms with E-state index in [4.69, 9.17) is 0 Å². The normalized spacial score (nSPS) is 15.4. The van der Waals surface area contributed by atoms with Crippen LogP contribution in [0.1, 0.15) is 29.7 Å². The van der Waals surface area contributed by atoms with E-state index in [2.05, 4.69) is 38.2 Å². The van der Waals surface area contributed by atoms with Gasteiger partial charge in [-0.05, 0) is 43.7 Å². The summed E-state index contributed by atoms with van der Waals surface area (Å²) in [6.45, 7) is 3.95. The zero-order valence-electron chi connectivity index (χ0n) is 14.3. The Balaban J connectivity index is 1.52. The fourth-order valence-corrected chi connectivity index (χ4v) is 3.59. The minimum absolute atomic E-state index is 0.524. The van der Waals surface area contributed by atoms with E-state index in [1.165, 1.54) is 5.56 Å². The molecule has 6 nitrogen and oxygen atoms in total. The van der Waals surface area contributed by atoms with Crippen LogP contribution >= 0.6 is 0 Å². The summed E-state index contributed by atoms with van der Waals surface area (Å²) in [5.41, 5.74) is 3.40. The molecule has 3 aromatic rings. The molecular weight excluding hydrogens is 312 g/mol. The number of anilines is 1. The molecule has 0 aliphatic carbocycles. The van der Waals surface area contributed by atoms with Crippen LogP contribution in [-0.4, -0.2) is 32.7 Å². The lowest BCUT2D eigenvalue weighted by atomic mass is 9.91. The summed E-state index contributed by atoms with van der Waals surface area (Å²) >= 11 is 0. The number of nitriles is 1. The molecule has 25 heavy (non-hydrogen) atoms. The topological polar surface area (TPSA) is 70.1 Å². The number of hydrogen-bond donors (Lipinski definition) is 0. The highest BCUT2D eigenvalue weighted by atomic mass is 15.3. The molecule has 0 spiro atoms. The van der Waals surface area contributed by atoms with Gasteiger partial charge in [-0.15, -0.1) is 0 Å². The average molecular weight is 332 g/mol. The maximum Gasteiger partial charge on any atom is 0.175 e. The Morgan fingerprint density at radius 2 is 2.12 bits per heavy atom. The SMILES string of the molecule is Cc1cc(N2CCC(Cc3cccnc3)CC2)n2ncc(C#N)c2n1. The molecule has 3 aromatic heterocycles. The van der Waals surface area contributed by atoms with Crippen molar-refractivity contribution in [3.05, 3.63) is 53.6 Å². The summed E-state index contributed by atoms with van der Waals surface area (Å²) < 4.78 is 1.80. The molecule has 6 heteroatoms. The van der Waals surface area contributed by atoms with Crippen LogP contribution in [0.4, 0.5) is 5.82 Å². The molecule has 0 saturated carbocycles. The van der Waals surface area contributed by atoms with Gasteiger partial charge < -0.3 is 4.90 Å². The van der Waals surface area contributed by atoms with Gasteiger partial charge in [-0.2, -0.15) is 14.9 Å². The highest BCUT2D eigenvalue weighted by Gasteiger charge is 2.22. The summed E-state index contributed by atoms with van der Waals surface area (Å²) in [5.74, 6) is 1.72. The van der Waals surface area contributed by atoms with Crippen LogP contribution in [0.25, 0.3) is 5.65 Å². The number of aryl methyl sites for hydroxylation is 1. The van der Waals surface area contributed by atoms with Gasteiger partial charge in [0, 0.05) is 37.2 Å². The van der Waals surface area contributed by atoms with E-state index in [1.807, 2.05) is 25.4 Å². The molecule has 0 atom stereocenters. The van der Waals surface area contributed by atoms with Crippen molar-refractivity contribution < 1.29 is 0 Å². The fourth-order valence-electron chi connectivity index (χ4n) is 3.59. The van der Waals surface area contributed by atoms with Crippen LogP contribution in [0.15, 0.2) is 36.8 Å². The van der Waals surface area contributed by atoms with Crippen molar-refractivity contribution in [2.24, 2.45) is 5.92 Å². The largest absolute Gasteiger partial charge is 0.356 e. The van der Waals surface area contributed by atoms with Crippen molar-refractivity contribution in [2.45, 2.75) is 26.2 Å². The van der Waals surface area contributed by atoms with E-state index in [-0.39, 0.29) is 0 Å². The van der Waals surface area contributed by atoms with E-state index in [1.54, 1.807) is 10.7 Å². The zero-order valence-corrected chi connectivity index (χ0v) is 14.3. The van der Waals surface area contributed by atoms with Crippen molar-refractivity contribution in [1.29, 1.82) is 5.26 Å². The van der Waals surface area contributed by atoms with E-state index >= 15 is 0 Å². The van der Waals surface area contributed by atoms with Gasteiger partial charge in [-0.25, -0.2) is 4.98 Å². The molecule has 0 aromatic carbocycles. The zero-order chi connectivity index (χ0) is 17.2. The van der Waals surface area contributed by atoms with Crippen LogP contribution in [0.3, 0.4) is 0 Å². The second-order valence-corrected chi connectivity index (χ2v) is 6.66. The maximum absolute atomic E-state index is 9.23. The number of hydrogen-bond acceptors (Lipinski definition) is 5. The van der Waals surface area contributed by atoms with E-state index < -0.39 is 0 Å². The number of nitrogens with zero attached hydrogens (tertiary/aromatic N) is 6. The van der Waals surface area contributed by atoms with Crippen molar-refractivity contribution in [1.82, 2.24) is 19.6 Å². The summed E-state index contributed by atoms with van der Waals surface area (Å²) in [4.78, 5) is 11.0. The van der Waals surface area contributed by atoms with Gasteiger partial charge in [0.2, 0.25) is 0 Å². The van der Waals surface area contributed by atoms with Crippen LogP contribution in [-0.2, 0) is 6.42 Å². The fraction of sp³-hybridized carbons (Fsp3) is 0.368.